The number of hydrogen-bond acceptors (Lipinski definition) is 3. The minimum Gasteiger partial charge on any atom is -0.314 e. The molecule has 1 aliphatic carbocycles. The van der Waals surface area contributed by atoms with Crippen molar-refractivity contribution in [2.24, 2.45) is 5.92 Å². The summed E-state index contributed by atoms with van der Waals surface area (Å²) in [4.78, 5) is 5.08. The summed E-state index contributed by atoms with van der Waals surface area (Å²) in [5.74, 6) is 0.996. The summed E-state index contributed by atoms with van der Waals surface area (Å²) in [5.41, 5.74) is 0. The maximum absolute atomic E-state index is 3.83. The molecule has 20 heavy (non-hydrogen) atoms. The van der Waals surface area contributed by atoms with Crippen LogP contribution in [-0.4, -0.2) is 62.2 Å². The van der Waals surface area contributed by atoms with E-state index in [-0.39, 0.29) is 0 Å². The lowest BCUT2D eigenvalue weighted by molar-refractivity contribution is 0.0983. The van der Waals surface area contributed by atoms with Crippen LogP contribution in [0.4, 0.5) is 0 Å². The van der Waals surface area contributed by atoms with Crippen molar-refractivity contribution in [2.75, 3.05) is 40.3 Å². The van der Waals surface area contributed by atoms with Gasteiger partial charge in [-0.2, -0.15) is 0 Å². The fourth-order valence-corrected chi connectivity index (χ4v) is 3.94. The van der Waals surface area contributed by atoms with Gasteiger partial charge in [-0.15, -0.1) is 0 Å². The summed E-state index contributed by atoms with van der Waals surface area (Å²) in [7, 11) is 4.58. The molecule has 0 spiro atoms. The predicted octanol–water partition coefficient (Wildman–Crippen LogP) is 2.57. The maximum Gasteiger partial charge on any atom is 0.0235 e. The molecule has 0 aromatic rings. The van der Waals surface area contributed by atoms with Gasteiger partial charge in [-0.05, 0) is 45.8 Å². The molecule has 2 rings (SSSR count). The fourth-order valence-electron chi connectivity index (χ4n) is 3.94. The molecule has 1 heterocycles. The summed E-state index contributed by atoms with van der Waals surface area (Å²) in [6.45, 7) is 7.16. The summed E-state index contributed by atoms with van der Waals surface area (Å²) in [5, 5.41) is 3.83. The van der Waals surface area contributed by atoms with Crippen LogP contribution >= 0.6 is 0 Å². The summed E-state index contributed by atoms with van der Waals surface area (Å²) in [6, 6.07) is 1.47. The molecule has 3 heteroatoms. The Morgan fingerprint density at radius 2 is 1.85 bits per heavy atom. The van der Waals surface area contributed by atoms with Gasteiger partial charge in [0.2, 0.25) is 0 Å². The van der Waals surface area contributed by atoms with E-state index in [0.717, 1.165) is 18.0 Å². The Morgan fingerprint density at radius 3 is 2.55 bits per heavy atom. The van der Waals surface area contributed by atoms with Crippen LogP contribution in [0.2, 0.25) is 0 Å². The smallest absolute Gasteiger partial charge is 0.0235 e. The van der Waals surface area contributed by atoms with Crippen LogP contribution in [0.15, 0.2) is 0 Å². The van der Waals surface area contributed by atoms with E-state index in [9.17, 15) is 0 Å². The molecular formula is C17H35N3. The van der Waals surface area contributed by atoms with Crippen LogP contribution in [0.25, 0.3) is 0 Å². The Bertz CT molecular complexity index is 263. The largest absolute Gasteiger partial charge is 0.314 e. The zero-order valence-electron chi connectivity index (χ0n) is 13.9. The van der Waals surface area contributed by atoms with Crippen molar-refractivity contribution in [1.29, 1.82) is 0 Å². The van der Waals surface area contributed by atoms with Gasteiger partial charge in [0, 0.05) is 31.7 Å². The molecule has 2 atom stereocenters. The molecule has 0 aromatic carbocycles. The van der Waals surface area contributed by atoms with Crippen molar-refractivity contribution >= 4 is 0 Å². The molecule has 1 saturated heterocycles. The molecule has 0 aromatic heterocycles. The van der Waals surface area contributed by atoms with Gasteiger partial charge in [0.1, 0.15) is 0 Å². The number of nitrogens with zero attached hydrogens (tertiary/aromatic N) is 2. The van der Waals surface area contributed by atoms with Gasteiger partial charge in [-0.3, -0.25) is 0 Å². The van der Waals surface area contributed by atoms with Gasteiger partial charge in [0.05, 0.1) is 0 Å². The third kappa shape index (κ3) is 5.01. The van der Waals surface area contributed by atoms with Crippen LogP contribution in [-0.2, 0) is 0 Å². The van der Waals surface area contributed by atoms with E-state index >= 15 is 0 Å². The van der Waals surface area contributed by atoms with Crippen molar-refractivity contribution in [3.63, 3.8) is 0 Å². The van der Waals surface area contributed by atoms with Gasteiger partial charge in [0.25, 0.3) is 0 Å². The minimum atomic E-state index is 0.733. The molecule has 2 unspecified atom stereocenters. The molecule has 1 N–H and O–H groups in total. The van der Waals surface area contributed by atoms with Gasteiger partial charge >= 0.3 is 0 Å². The monoisotopic (exact) mass is 281 g/mol. The quantitative estimate of drug-likeness (QED) is 0.774. The Balaban J connectivity index is 1.84. The molecule has 3 nitrogen and oxygen atoms in total. The maximum atomic E-state index is 3.83. The highest BCUT2D eigenvalue weighted by molar-refractivity contribution is 4.85. The lowest BCUT2D eigenvalue weighted by Gasteiger charge is -2.40. The first-order chi connectivity index (χ1) is 9.69. The van der Waals surface area contributed by atoms with Crippen molar-refractivity contribution in [3.05, 3.63) is 0 Å². The van der Waals surface area contributed by atoms with Crippen molar-refractivity contribution in [2.45, 2.75) is 64.0 Å². The second kappa shape index (κ2) is 8.35. The van der Waals surface area contributed by atoms with Crippen LogP contribution < -0.4 is 5.32 Å². The highest BCUT2D eigenvalue weighted by Gasteiger charge is 2.27. The van der Waals surface area contributed by atoms with Crippen molar-refractivity contribution < 1.29 is 0 Å². The molecule has 0 bridgehead atoms. The summed E-state index contributed by atoms with van der Waals surface area (Å²) >= 11 is 0. The third-order valence-electron chi connectivity index (χ3n) is 5.31. The Morgan fingerprint density at radius 1 is 1.10 bits per heavy atom. The van der Waals surface area contributed by atoms with E-state index in [1.54, 1.807) is 0 Å². The standard InChI is InChI=1S/C17H35N3/c1-4-9-18-16(12-15-7-5-6-8-15)13-17-14-19(2)10-11-20(17)3/h15-18H,4-14H2,1-3H3. The van der Waals surface area contributed by atoms with E-state index in [1.807, 2.05) is 0 Å². The van der Waals surface area contributed by atoms with Crippen LogP contribution in [0, 0.1) is 5.92 Å². The van der Waals surface area contributed by atoms with Gasteiger partial charge in [0.15, 0.2) is 0 Å². The third-order valence-corrected chi connectivity index (χ3v) is 5.31. The van der Waals surface area contributed by atoms with E-state index in [2.05, 4.69) is 36.1 Å². The number of hydrogen-bond donors (Lipinski definition) is 1. The molecule has 2 fully saturated rings. The molecule has 0 radical (unpaired) electrons. The highest BCUT2D eigenvalue weighted by Crippen LogP contribution is 2.30. The summed E-state index contributed by atoms with van der Waals surface area (Å²) in [6.07, 6.45) is 9.89. The zero-order valence-corrected chi connectivity index (χ0v) is 13.9. The Hall–Kier alpha value is -0.120. The molecule has 1 aliphatic heterocycles. The van der Waals surface area contributed by atoms with E-state index < -0.39 is 0 Å². The number of likely N-dealkylation sites (N-methyl/N-ethyl adjacent to an activating group) is 2. The Labute approximate surface area is 126 Å². The van der Waals surface area contributed by atoms with Gasteiger partial charge in [-0.1, -0.05) is 32.6 Å². The van der Waals surface area contributed by atoms with Crippen molar-refractivity contribution in [1.82, 2.24) is 15.1 Å². The average molecular weight is 281 g/mol. The minimum absolute atomic E-state index is 0.733. The van der Waals surface area contributed by atoms with Crippen LogP contribution in [0.5, 0.6) is 0 Å². The molecule has 2 aliphatic rings. The van der Waals surface area contributed by atoms with Crippen molar-refractivity contribution in [3.8, 4) is 0 Å². The van der Waals surface area contributed by atoms with Crippen LogP contribution in [0.1, 0.15) is 51.9 Å². The SMILES string of the molecule is CCCNC(CC1CCCC1)CC1CN(C)CCN1C. The second-order valence-electron chi connectivity index (χ2n) is 7.17. The normalized spacial score (nSPS) is 28.1. The fraction of sp³-hybridized carbons (Fsp3) is 1.00. The lowest BCUT2D eigenvalue weighted by Crippen LogP contribution is -2.52. The van der Waals surface area contributed by atoms with E-state index in [0.29, 0.717) is 0 Å². The first-order valence-corrected chi connectivity index (χ1v) is 8.81. The topological polar surface area (TPSA) is 18.5 Å². The number of rotatable bonds is 7. The second-order valence-corrected chi connectivity index (χ2v) is 7.17. The van der Waals surface area contributed by atoms with E-state index in [1.165, 1.54) is 71.1 Å². The van der Waals surface area contributed by atoms with E-state index in [4.69, 9.17) is 0 Å². The Kier molecular flexibility index (Phi) is 6.79. The van der Waals surface area contributed by atoms with Crippen LogP contribution in [0.3, 0.4) is 0 Å². The number of nitrogens with one attached hydrogen (secondary N) is 1. The first-order valence-electron chi connectivity index (χ1n) is 8.81. The average Bonchev–Trinajstić information content (AvgIpc) is 2.93. The first kappa shape index (κ1) is 16.3. The van der Waals surface area contributed by atoms with Gasteiger partial charge < -0.3 is 15.1 Å². The molecule has 1 saturated carbocycles. The predicted molar refractivity (Wildman–Crippen MR) is 87.2 cm³/mol. The lowest BCUT2D eigenvalue weighted by atomic mass is 9.93. The molecular weight excluding hydrogens is 246 g/mol. The van der Waals surface area contributed by atoms with Gasteiger partial charge in [-0.25, -0.2) is 0 Å². The molecule has 0 amide bonds. The number of piperazine rings is 1. The molecule has 118 valence electrons. The summed E-state index contributed by atoms with van der Waals surface area (Å²) < 4.78 is 0. The zero-order chi connectivity index (χ0) is 14.4. The highest BCUT2D eigenvalue weighted by atomic mass is 15.3.